The number of rotatable bonds is 8. The summed E-state index contributed by atoms with van der Waals surface area (Å²) in [6, 6.07) is 16.2. The van der Waals surface area contributed by atoms with Crippen molar-refractivity contribution >= 4 is 23.2 Å². The molecule has 2 aromatic rings. The van der Waals surface area contributed by atoms with Crippen molar-refractivity contribution in [2.75, 3.05) is 75.8 Å². The number of morpholine rings is 1. The van der Waals surface area contributed by atoms with Crippen molar-refractivity contribution in [2.45, 2.75) is 27.3 Å². The summed E-state index contributed by atoms with van der Waals surface area (Å²) in [6.07, 6.45) is 0. The molecule has 0 aromatic heterocycles. The van der Waals surface area contributed by atoms with E-state index in [0.717, 1.165) is 71.3 Å². The lowest BCUT2D eigenvalue weighted by molar-refractivity contribution is -0.123. The highest BCUT2D eigenvalue weighted by Gasteiger charge is 2.25. The van der Waals surface area contributed by atoms with E-state index in [2.05, 4.69) is 49.6 Å². The first-order valence-corrected chi connectivity index (χ1v) is 13.3. The van der Waals surface area contributed by atoms with E-state index in [1.807, 2.05) is 45.0 Å². The Hall–Kier alpha value is -2.94. The highest BCUT2D eigenvalue weighted by atomic mass is 16.5. The second kappa shape index (κ2) is 12.5. The number of carbonyl (C=O) groups is 2. The van der Waals surface area contributed by atoms with Gasteiger partial charge < -0.3 is 20.3 Å². The highest BCUT2D eigenvalue weighted by molar-refractivity contribution is 6.02. The Morgan fingerprint density at radius 1 is 0.892 bits per heavy atom. The molecule has 0 saturated carbocycles. The maximum atomic E-state index is 13.4. The molecule has 0 atom stereocenters. The van der Waals surface area contributed by atoms with Gasteiger partial charge in [0, 0.05) is 75.7 Å². The zero-order chi connectivity index (χ0) is 26.3. The van der Waals surface area contributed by atoms with Crippen LogP contribution in [0.25, 0.3) is 0 Å². The average molecular weight is 508 g/mol. The first-order chi connectivity index (χ1) is 17.8. The zero-order valence-electron chi connectivity index (χ0n) is 22.5. The smallest absolute Gasteiger partial charge is 0.253 e. The first kappa shape index (κ1) is 27.1. The van der Waals surface area contributed by atoms with Gasteiger partial charge in [0.2, 0.25) is 5.91 Å². The molecule has 2 N–H and O–H groups in total. The molecule has 0 spiro atoms. The number of nitrogens with zero attached hydrogens (tertiary/aromatic N) is 3. The van der Waals surface area contributed by atoms with Crippen molar-refractivity contribution in [3.63, 3.8) is 0 Å². The number of nitrogens with one attached hydrogen (secondary N) is 2. The average Bonchev–Trinajstić information content (AvgIpc) is 2.90. The van der Waals surface area contributed by atoms with Crippen LogP contribution in [0.1, 0.15) is 36.7 Å². The predicted molar refractivity (Wildman–Crippen MR) is 148 cm³/mol. The van der Waals surface area contributed by atoms with Gasteiger partial charge in [0.05, 0.1) is 18.8 Å². The lowest BCUT2D eigenvalue weighted by Crippen LogP contribution is -2.46. The van der Waals surface area contributed by atoms with Gasteiger partial charge in [0.25, 0.3) is 5.91 Å². The van der Waals surface area contributed by atoms with Gasteiger partial charge in [-0.15, -0.1) is 0 Å². The van der Waals surface area contributed by atoms with E-state index in [1.54, 1.807) is 0 Å². The predicted octanol–water partition coefficient (Wildman–Crippen LogP) is 3.06. The molecule has 2 aromatic carbocycles. The summed E-state index contributed by atoms with van der Waals surface area (Å²) in [4.78, 5) is 33.0. The number of ether oxygens (including phenoxy) is 1. The molecule has 37 heavy (non-hydrogen) atoms. The Kier molecular flexibility index (Phi) is 9.18. The van der Waals surface area contributed by atoms with E-state index >= 15 is 0 Å². The number of hydrogen-bond donors (Lipinski definition) is 2. The second-order valence-electron chi connectivity index (χ2n) is 10.9. The van der Waals surface area contributed by atoms with E-state index in [-0.39, 0.29) is 11.8 Å². The van der Waals surface area contributed by atoms with Gasteiger partial charge in [0.15, 0.2) is 0 Å². The minimum absolute atomic E-state index is 0.0755. The Morgan fingerprint density at radius 2 is 1.59 bits per heavy atom. The van der Waals surface area contributed by atoms with Crippen LogP contribution < -0.4 is 15.5 Å². The molecular formula is C29H41N5O3. The maximum Gasteiger partial charge on any atom is 0.253 e. The third-order valence-electron chi connectivity index (χ3n) is 6.96. The molecule has 200 valence electrons. The Morgan fingerprint density at radius 3 is 2.27 bits per heavy atom. The van der Waals surface area contributed by atoms with E-state index < -0.39 is 5.41 Å². The van der Waals surface area contributed by atoms with Crippen LogP contribution in [0.3, 0.4) is 0 Å². The Bertz CT molecular complexity index is 1040. The molecule has 4 rings (SSSR count). The number of benzene rings is 2. The minimum atomic E-state index is -0.520. The third-order valence-corrected chi connectivity index (χ3v) is 6.96. The van der Waals surface area contributed by atoms with Crippen LogP contribution in [0.4, 0.5) is 11.4 Å². The molecular weight excluding hydrogens is 466 g/mol. The molecule has 0 aliphatic carbocycles. The van der Waals surface area contributed by atoms with Crippen LogP contribution >= 0.6 is 0 Å². The van der Waals surface area contributed by atoms with Crippen LogP contribution in [0.2, 0.25) is 0 Å². The van der Waals surface area contributed by atoms with Gasteiger partial charge in [-0.1, -0.05) is 51.1 Å². The molecule has 8 nitrogen and oxygen atoms in total. The van der Waals surface area contributed by atoms with Gasteiger partial charge in [0.1, 0.15) is 0 Å². The SMILES string of the molecule is CC(C)(C)C(=O)Nc1ccc(N2CCN(Cc3ccccc3)CC2)c(C(=O)NCCN2CCOCC2)c1. The lowest BCUT2D eigenvalue weighted by Gasteiger charge is -2.37. The van der Waals surface area contributed by atoms with E-state index in [0.29, 0.717) is 17.8 Å². The largest absolute Gasteiger partial charge is 0.379 e. The molecule has 2 amide bonds. The third kappa shape index (κ3) is 7.77. The molecule has 2 aliphatic heterocycles. The van der Waals surface area contributed by atoms with Gasteiger partial charge in [-0.3, -0.25) is 19.4 Å². The van der Waals surface area contributed by atoms with Gasteiger partial charge >= 0.3 is 0 Å². The van der Waals surface area contributed by atoms with Gasteiger partial charge in [-0.05, 0) is 23.8 Å². The minimum Gasteiger partial charge on any atom is -0.379 e. The molecule has 2 heterocycles. The van der Waals surface area contributed by atoms with Crippen LogP contribution in [0.15, 0.2) is 48.5 Å². The van der Waals surface area contributed by atoms with Crippen LogP contribution in [0.5, 0.6) is 0 Å². The summed E-state index contributed by atoms with van der Waals surface area (Å²) in [5, 5.41) is 6.09. The molecule has 2 fully saturated rings. The number of piperazine rings is 1. The fraction of sp³-hybridized carbons (Fsp3) is 0.517. The molecule has 0 radical (unpaired) electrons. The second-order valence-corrected chi connectivity index (χ2v) is 10.9. The molecule has 8 heteroatoms. The topological polar surface area (TPSA) is 77.2 Å². The van der Waals surface area contributed by atoms with Crippen molar-refractivity contribution < 1.29 is 14.3 Å². The fourth-order valence-corrected chi connectivity index (χ4v) is 4.63. The first-order valence-electron chi connectivity index (χ1n) is 13.3. The van der Waals surface area contributed by atoms with E-state index in [1.165, 1.54) is 5.56 Å². The van der Waals surface area contributed by atoms with Gasteiger partial charge in [-0.25, -0.2) is 0 Å². The monoisotopic (exact) mass is 507 g/mol. The Labute approximate surface area is 220 Å². The number of carbonyl (C=O) groups excluding carboxylic acids is 2. The number of anilines is 2. The molecule has 0 bridgehead atoms. The number of amides is 2. The molecule has 2 saturated heterocycles. The van der Waals surface area contributed by atoms with Gasteiger partial charge in [-0.2, -0.15) is 0 Å². The van der Waals surface area contributed by atoms with Crippen molar-refractivity contribution in [3.8, 4) is 0 Å². The summed E-state index contributed by atoms with van der Waals surface area (Å²) in [5.74, 6) is -0.185. The van der Waals surface area contributed by atoms with E-state index in [4.69, 9.17) is 4.74 Å². The molecule has 2 aliphatic rings. The maximum absolute atomic E-state index is 13.4. The lowest BCUT2D eigenvalue weighted by atomic mass is 9.95. The number of hydrogen-bond acceptors (Lipinski definition) is 6. The van der Waals surface area contributed by atoms with E-state index in [9.17, 15) is 9.59 Å². The van der Waals surface area contributed by atoms with Crippen molar-refractivity contribution in [1.82, 2.24) is 15.1 Å². The fourth-order valence-electron chi connectivity index (χ4n) is 4.63. The van der Waals surface area contributed by atoms with Crippen molar-refractivity contribution in [2.24, 2.45) is 5.41 Å². The normalized spacial score (nSPS) is 17.4. The highest BCUT2D eigenvalue weighted by Crippen LogP contribution is 2.27. The molecule has 0 unspecified atom stereocenters. The summed E-state index contributed by atoms with van der Waals surface area (Å²) in [7, 11) is 0. The summed E-state index contributed by atoms with van der Waals surface area (Å²) in [5.41, 5.74) is 2.95. The van der Waals surface area contributed by atoms with Crippen LogP contribution in [-0.4, -0.2) is 87.2 Å². The zero-order valence-corrected chi connectivity index (χ0v) is 22.5. The summed E-state index contributed by atoms with van der Waals surface area (Å²) < 4.78 is 5.42. The Balaban J connectivity index is 1.44. The standard InChI is InChI=1S/C29H41N5O3/c1-29(2,3)28(36)31-24-9-10-26(25(21-24)27(35)30-11-12-32-17-19-37-20-18-32)34-15-13-33(14-16-34)22-23-7-5-4-6-8-23/h4-10,21H,11-20,22H2,1-3H3,(H,30,35)(H,31,36). The van der Waals surface area contributed by atoms with Crippen molar-refractivity contribution in [1.29, 1.82) is 0 Å². The van der Waals surface area contributed by atoms with Crippen LogP contribution in [-0.2, 0) is 16.1 Å². The van der Waals surface area contributed by atoms with Crippen LogP contribution in [0, 0.1) is 5.41 Å². The summed E-state index contributed by atoms with van der Waals surface area (Å²) in [6.45, 7) is 14.7. The summed E-state index contributed by atoms with van der Waals surface area (Å²) >= 11 is 0. The van der Waals surface area contributed by atoms with Crippen molar-refractivity contribution in [3.05, 3.63) is 59.7 Å². The quantitative estimate of drug-likeness (QED) is 0.572.